The molecule has 2 atom stereocenters. The molecule has 2 aromatic rings. The lowest BCUT2D eigenvalue weighted by Crippen LogP contribution is -2.31. The summed E-state index contributed by atoms with van der Waals surface area (Å²) in [5.74, 6) is 0.858. The number of nitrogens with zero attached hydrogens (tertiary/aromatic N) is 3. The summed E-state index contributed by atoms with van der Waals surface area (Å²) in [5.41, 5.74) is 1.53. The van der Waals surface area contributed by atoms with E-state index in [4.69, 9.17) is 4.74 Å². The smallest absolute Gasteiger partial charge is 0.269 e. The van der Waals surface area contributed by atoms with Crippen LogP contribution >= 0.6 is 0 Å². The number of aryl methyl sites for hydroxylation is 2. The molecule has 1 saturated heterocycles. The molecule has 0 aromatic carbocycles. The lowest BCUT2D eigenvalue weighted by atomic mass is 9.99. The summed E-state index contributed by atoms with van der Waals surface area (Å²) in [6.45, 7) is 3.10. The van der Waals surface area contributed by atoms with Crippen molar-refractivity contribution < 1.29 is 9.53 Å². The molecule has 0 aliphatic carbocycles. The second-order valence-corrected chi connectivity index (χ2v) is 5.31. The standard InChI is InChI=1S/C14H19N5O2/c1-9-15-8-11(18-9)14(20)16-7-10-4-6-21-13(10)12-3-5-17-19(12)2/h3,5,8,10,13H,4,6-7H2,1-2H3,(H,15,18)(H,16,20)/t10-,13+/m0/s1. The first-order valence-corrected chi connectivity index (χ1v) is 7.04. The van der Waals surface area contributed by atoms with Crippen molar-refractivity contribution in [2.45, 2.75) is 19.4 Å². The van der Waals surface area contributed by atoms with Gasteiger partial charge in [-0.3, -0.25) is 9.48 Å². The van der Waals surface area contributed by atoms with Crippen molar-refractivity contribution in [1.29, 1.82) is 0 Å². The Morgan fingerprint density at radius 3 is 3.14 bits per heavy atom. The molecule has 1 fully saturated rings. The number of carbonyl (C=O) groups is 1. The van der Waals surface area contributed by atoms with Crippen molar-refractivity contribution in [3.8, 4) is 0 Å². The molecule has 0 spiro atoms. The maximum atomic E-state index is 12.0. The van der Waals surface area contributed by atoms with Crippen LogP contribution < -0.4 is 5.32 Å². The Labute approximate surface area is 122 Å². The van der Waals surface area contributed by atoms with E-state index >= 15 is 0 Å². The van der Waals surface area contributed by atoms with E-state index in [1.54, 1.807) is 12.4 Å². The van der Waals surface area contributed by atoms with Crippen molar-refractivity contribution in [3.05, 3.63) is 35.7 Å². The molecule has 7 heteroatoms. The monoisotopic (exact) mass is 289 g/mol. The number of aromatic amines is 1. The Morgan fingerprint density at radius 1 is 1.62 bits per heavy atom. The summed E-state index contributed by atoms with van der Waals surface area (Å²) in [4.78, 5) is 19.0. The summed E-state index contributed by atoms with van der Waals surface area (Å²) in [6.07, 6.45) is 4.23. The first-order valence-electron chi connectivity index (χ1n) is 7.04. The topological polar surface area (TPSA) is 84.8 Å². The second kappa shape index (κ2) is 5.69. The van der Waals surface area contributed by atoms with Gasteiger partial charge in [0.25, 0.3) is 5.91 Å². The number of H-pyrrole nitrogens is 1. The molecule has 7 nitrogen and oxygen atoms in total. The van der Waals surface area contributed by atoms with E-state index < -0.39 is 0 Å². The van der Waals surface area contributed by atoms with Crippen LogP contribution in [0.2, 0.25) is 0 Å². The molecular formula is C14H19N5O2. The molecule has 0 radical (unpaired) electrons. The molecule has 1 amide bonds. The third-order valence-electron chi connectivity index (χ3n) is 3.84. The van der Waals surface area contributed by atoms with Gasteiger partial charge in [0.05, 0.1) is 11.9 Å². The van der Waals surface area contributed by atoms with Crippen LogP contribution in [0.25, 0.3) is 0 Å². The minimum atomic E-state index is -0.133. The van der Waals surface area contributed by atoms with Gasteiger partial charge < -0.3 is 15.0 Å². The number of amides is 1. The number of hydrogen-bond donors (Lipinski definition) is 2. The second-order valence-electron chi connectivity index (χ2n) is 5.31. The first-order chi connectivity index (χ1) is 10.1. The molecule has 0 unspecified atom stereocenters. The molecule has 2 aromatic heterocycles. The molecule has 1 aliphatic rings. The number of rotatable bonds is 4. The Morgan fingerprint density at radius 2 is 2.48 bits per heavy atom. The van der Waals surface area contributed by atoms with Gasteiger partial charge >= 0.3 is 0 Å². The average molecular weight is 289 g/mol. The van der Waals surface area contributed by atoms with Crippen LogP contribution in [-0.4, -0.2) is 38.8 Å². The van der Waals surface area contributed by atoms with Gasteiger partial charge in [-0.05, 0) is 19.4 Å². The van der Waals surface area contributed by atoms with Crippen LogP contribution in [-0.2, 0) is 11.8 Å². The normalized spacial score (nSPS) is 21.6. The molecular weight excluding hydrogens is 270 g/mol. The first kappa shape index (κ1) is 13.8. The maximum Gasteiger partial charge on any atom is 0.269 e. The minimum Gasteiger partial charge on any atom is -0.372 e. The zero-order valence-electron chi connectivity index (χ0n) is 12.2. The lowest BCUT2D eigenvalue weighted by molar-refractivity contribution is 0.0799. The van der Waals surface area contributed by atoms with Crippen molar-refractivity contribution in [2.75, 3.05) is 13.2 Å². The number of hydrogen-bond acceptors (Lipinski definition) is 4. The molecule has 3 rings (SSSR count). The maximum absolute atomic E-state index is 12.0. The van der Waals surface area contributed by atoms with Gasteiger partial charge in [0, 0.05) is 32.3 Å². The molecule has 1 aliphatic heterocycles. The van der Waals surface area contributed by atoms with E-state index in [9.17, 15) is 4.79 Å². The zero-order valence-corrected chi connectivity index (χ0v) is 12.2. The predicted molar refractivity (Wildman–Crippen MR) is 75.7 cm³/mol. The summed E-state index contributed by atoms with van der Waals surface area (Å²) >= 11 is 0. The van der Waals surface area contributed by atoms with Gasteiger partial charge in [-0.15, -0.1) is 0 Å². The van der Waals surface area contributed by atoms with Gasteiger partial charge in [0.15, 0.2) is 0 Å². The molecule has 3 heterocycles. The fraction of sp³-hybridized carbons (Fsp3) is 0.500. The average Bonchev–Trinajstić information content (AvgIpc) is 3.16. The van der Waals surface area contributed by atoms with E-state index in [1.165, 1.54) is 0 Å². The van der Waals surface area contributed by atoms with Gasteiger partial charge in [-0.25, -0.2) is 4.98 Å². The van der Waals surface area contributed by atoms with E-state index in [2.05, 4.69) is 20.4 Å². The number of ether oxygens (including phenoxy) is 1. The number of carbonyl (C=O) groups excluding carboxylic acids is 1. The van der Waals surface area contributed by atoms with E-state index in [0.717, 1.165) is 17.9 Å². The summed E-state index contributed by atoms with van der Waals surface area (Å²) in [7, 11) is 1.90. The Bertz CT molecular complexity index is 633. The van der Waals surface area contributed by atoms with Gasteiger partial charge in [0.1, 0.15) is 17.6 Å². The van der Waals surface area contributed by atoms with Gasteiger partial charge in [-0.1, -0.05) is 0 Å². The van der Waals surface area contributed by atoms with Gasteiger partial charge in [-0.2, -0.15) is 5.10 Å². The molecule has 0 saturated carbocycles. The van der Waals surface area contributed by atoms with Crippen molar-refractivity contribution in [3.63, 3.8) is 0 Å². The van der Waals surface area contributed by atoms with Crippen molar-refractivity contribution in [2.24, 2.45) is 13.0 Å². The van der Waals surface area contributed by atoms with Crippen LogP contribution in [0.1, 0.15) is 34.5 Å². The van der Waals surface area contributed by atoms with Gasteiger partial charge in [0.2, 0.25) is 0 Å². The highest BCUT2D eigenvalue weighted by Crippen LogP contribution is 2.33. The Kier molecular flexibility index (Phi) is 3.74. The molecule has 0 bridgehead atoms. The highest BCUT2D eigenvalue weighted by molar-refractivity contribution is 5.92. The fourth-order valence-electron chi connectivity index (χ4n) is 2.69. The summed E-state index contributed by atoms with van der Waals surface area (Å²) in [5, 5.41) is 7.12. The number of nitrogens with one attached hydrogen (secondary N) is 2. The minimum absolute atomic E-state index is 0.0127. The zero-order chi connectivity index (χ0) is 14.8. The predicted octanol–water partition coefficient (Wildman–Crippen LogP) is 0.959. The molecule has 2 N–H and O–H groups in total. The van der Waals surface area contributed by atoms with Crippen molar-refractivity contribution >= 4 is 5.91 Å². The van der Waals surface area contributed by atoms with Crippen LogP contribution in [0.4, 0.5) is 0 Å². The fourth-order valence-corrected chi connectivity index (χ4v) is 2.69. The Balaban J connectivity index is 1.62. The molecule has 21 heavy (non-hydrogen) atoms. The van der Waals surface area contributed by atoms with E-state index in [1.807, 2.05) is 24.7 Å². The van der Waals surface area contributed by atoms with Crippen LogP contribution in [0.3, 0.4) is 0 Å². The van der Waals surface area contributed by atoms with Crippen LogP contribution in [0, 0.1) is 12.8 Å². The lowest BCUT2D eigenvalue weighted by Gasteiger charge is -2.19. The highest BCUT2D eigenvalue weighted by atomic mass is 16.5. The van der Waals surface area contributed by atoms with Crippen LogP contribution in [0.5, 0.6) is 0 Å². The van der Waals surface area contributed by atoms with Crippen molar-refractivity contribution in [1.82, 2.24) is 25.1 Å². The quantitative estimate of drug-likeness (QED) is 0.878. The number of aromatic nitrogens is 4. The molecule has 112 valence electrons. The third kappa shape index (κ3) is 2.82. The number of imidazole rings is 1. The van der Waals surface area contributed by atoms with E-state index in [0.29, 0.717) is 18.8 Å². The summed E-state index contributed by atoms with van der Waals surface area (Å²) in [6, 6.07) is 1.96. The third-order valence-corrected chi connectivity index (χ3v) is 3.84. The largest absolute Gasteiger partial charge is 0.372 e. The summed E-state index contributed by atoms with van der Waals surface area (Å²) < 4.78 is 7.62. The SMILES string of the molecule is Cc1ncc(C(=O)NC[C@@H]2CCO[C@H]2c2ccnn2C)[nH]1. The Hall–Kier alpha value is -2.15. The van der Waals surface area contributed by atoms with E-state index in [-0.39, 0.29) is 17.9 Å². The highest BCUT2D eigenvalue weighted by Gasteiger charge is 2.31. The van der Waals surface area contributed by atoms with Crippen LogP contribution in [0.15, 0.2) is 18.5 Å².